The Labute approximate surface area is 390 Å². The minimum absolute atomic E-state index is 0.845. The zero-order valence-electron chi connectivity index (χ0n) is 36.7. The average molecular weight is 857 g/mol. The van der Waals surface area contributed by atoms with Gasteiger partial charge < -0.3 is 14.2 Å². The first kappa shape index (κ1) is 39.7. The fourth-order valence-electron chi connectivity index (χ4n) is 9.64. The first-order chi connectivity index (χ1) is 33.2. The zero-order valence-corrected chi connectivity index (χ0v) is 36.7. The summed E-state index contributed by atoms with van der Waals surface area (Å²) in [7, 11) is 0. The van der Waals surface area contributed by atoms with E-state index in [1.165, 1.54) is 33.0 Å². The Morgan fingerprint density at radius 3 is 1.40 bits per heavy atom. The Balaban J connectivity index is 1.06. The lowest BCUT2D eigenvalue weighted by molar-refractivity contribution is 0.669. The Morgan fingerprint density at radius 1 is 0.254 bits per heavy atom. The monoisotopic (exact) mass is 856 g/mol. The summed E-state index contributed by atoms with van der Waals surface area (Å²) in [5.74, 6) is 0. The zero-order chi connectivity index (χ0) is 44.5. The van der Waals surface area contributed by atoms with Crippen LogP contribution < -0.4 is 9.80 Å². The van der Waals surface area contributed by atoms with Gasteiger partial charge in [-0.15, -0.1) is 0 Å². The van der Waals surface area contributed by atoms with Gasteiger partial charge in [0.15, 0.2) is 0 Å². The minimum atomic E-state index is 0.845. The van der Waals surface area contributed by atoms with Gasteiger partial charge in [0.1, 0.15) is 11.2 Å². The number of fused-ring (bicyclic) bond motifs is 4. The Morgan fingerprint density at radius 2 is 0.701 bits per heavy atom. The van der Waals surface area contributed by atoms with E-state index in [9.17, 15) is 0 Å². The van der Waals surface area contributed by atoms with Crippen molar-refractivity contribution < 1.29 is 4.42 Å². The van der Waals surface area contributed by atoms with Crippen molar-refractivity contribution in [1.82, 2.24) is 0 Å². The van der Waals surface area contributed by atoms with E-state index in [0.717, 1.165) is 78.3 Å². The fourth-order valence-corrected chi connectivity index (χ4v) is 9.64. The molecule has 11 aromatic carbocycles. The molecule has 0 saturated heterocycles. The van der Waals surface area contributed by atoms with Gasteiger partial charge in [0.05, 0.1) is 22.4 Å². The van der Waals surface area contributed by atoms with E-state index in [0.29, 0.717) is 0 Å². The predicted octanol–water partition coefficient (Wildman–Crippen LogP) is 18.3. The van der Waals surface area contributed by atoms with Crippen LogP contribution in [-0.4, -0.2) is 0 Å². The lowest BCUT2D eigenvalue weighted by Crippen LogP contribution is -2.14. The summed E-state index contributed by atoms with van der Waals surface area (Å²) < 4.78 is 6.53. The fraction of sp³-hybridized carbons (Fsp3) is 0. The molecule has 0 aliphatic rings. The molecule has 1 aromatic heterocycles. The molecule has 0 atom stereocenters. The molecule has 3 heteroatoms. The molecule has 0 bridgehead atoms. The smallest absolute Gasteiger partial charge is 0.137 e. The first-order valence-corrected chi connectivity index (χ1v) is 22.8. The highest BCUT2D eigenvalue weighted by atomic mass is 16.3. The van der Waals surface area contributed by atoms with Crippen LogP contribution in [0.25, 0.3) is 77.2 Å². The maximum atomic E-state index is 6.53. The van der Waals surface area contributed by atoms with Crippen LogP contribution in [0, 0.1) is 0 Å². The molecule has 12 aromatic rings. The maximum Gasteiger partial charge on any atom is 0.137 e. The van der Waals surface area contributed by atoms with Crippen molar-refractivity contribution in [3.63, 3.8) is 0 Å². The van der Waals surface area contributed by atoms with Crippen LogP contribution in [0.5, 0.6) is 0 Å². The summed E-state index contributed by atoms with van der Waals surface area (Å²) in [6.07, 6.45) is 0. The molecule has 0 saturated carbocycles. The third kappa shape index (κ3) is 7.49. The predicted molar refractivity (Wildman–Crippen MR) is 282 cm³/mol. The number of benzene rings is 11. The molecule has 0 aliphatic heterocycles. The third-order valence-electron chi connectivity index (χ3n) is 12.8. The quantitative estimate of drug-likeness (QED) is 0.137. The maximum absolute atomic E-state index is 6.53. The van der Waals surface area contributed by atoms with Gasteiger partial charge in [-0.05, 0) is 117 Å². The molecule has 0 fully saturated rings. The van der Waals surface area contributed by atoms with E-state index in [1.807, 2.05) is 6.07 Å². The molecular weight excluding hydrogens is 813 g/mol. The molecule has 0 spiro atoms. The molecule has 0 aliphatic carbocycles. The highest BCUT2D eigenvalue weighted by Gasteiger charge is 2.25. The highest BCUT2D eigenvalue weighted by molar-refractivity contribution is 6.14. The van der Waals surface area contributed by atoms with Crippen molar-refractivity contribution in [2.24, 2.45) is 0 Å². The van der Waals surface area contributed by atoms with E-state index in [-0.39, 0.29) is 0 Å². The summed E-state index contributed by atoms with van der Waals surface area (Å²) >= 11 is 0. The number of hydrogen-bond acceptors (Lipinski definition) is 3. The SMILES string of the molecule is c1ccc(-c2ccc(N(c3ccc4cc(-c5ccccc5)ccc4c3)c3ccccc3-c3ccccc3N(c3cccc(-c4ccccc4)c3)c3cccc4oc5ccccc5c34)cc2)cc1. The Kier molecular flexibility index (Phi) is 10.2. The van der Waals surface area contributed by atoms with Crippen LogP contribution in [0.15, 0.2) is 271 Å². The van der Waals surface area contributed by atoms with Gasteiger partial charge >= 0.3 is 0 Å². The second-order valence-electron chi connectivity index (χ2n) is 16.9. The first-order valence-electron chi connectivity index (χ1n) is 22.8. The van der Waals surface area contributed by atoms with Gasteiger partial charge in [0, 0.05) is 33.6 Å². The van der Waals surface area contributed by atoms with E-state index >= 15 is 0 Å². The van der Waals surface area contributed by atoms with E-state index in [1.54, 1.807) is 0 Å². The van der Waals surface area contributed by atoms with E-state index in [2.05, 4.69) is 271 Å². The summed E-state index contributed by atoms with van der Waals surface area (Å²) in [5.41, 5.74) is 17.3. The van der Waals surface area contributed by atoms with Crippen molar-refractivity contribution in [3.05, 3.63) is 267 Å². The van der Waals surface area contributed by atoms with Gasteiger partial charge in [-0.2, -0.15) is 0 Å². The number of anilines is 6. The number of rotatable bonds is 10. The van der Waals surface area contributed by atoms with Crippen molar-refractivity contribution in [1.29, 1.82) is 0 Å². The second kappa shape index (κ2) is 17.2. The van der Waals surface area contributed by atoms with Crippen LogP contribution in [0.3, 0.4) is 0 Å². The lowest BCUT2D eigenvalue weighted by atomic mass is 9.97. The second-order valence-corrected chi connectivity index (χ2v) is 16.9. The average Bonchev–Trinajstić information content (AvgIpc) is 3.80. The third-order valence-corrected chi connectivity index (χ3v) is 12.8. The van der Waals surface area contributed by atoms with Crippen LogP contribution in [0.1, 0.15) is 0 Å². The summed E-state index contributed by atoms with van der Waals surface area (Å²) in [5, 5.41) is 4.51. The van der Waals surface area contributed by atoms with Gasteiger partial charge in [-0.3, -0.25) is 0 Å². The summed E-state index contributed by atoms with van der Waals surface area (Å²) in [4.78, 5) is 4.83. The molecule has 0 unspecified atom stereocenters. The van der Waals surface area contributed by atoms with Gasteiger partial charge in [0.25, 0.3) is 0 Å². The standard InChI is InChI=1S/C64H44N2O/c1-4-18-45(19-5-1)48-36-39-53(40-37-48)65(55-41-38-51-42-50(34-35-52(51)44-55)47-22-8-3-9-23-47)59-29-13-10-26-56(59)57-27-11-14-30-60(57)66(54-25-16-24-49(43-54)46-20-6-2-7-21-46)61-31-17-33-63-64(61)58-28-12-15-32-62(58)67-63/h1-44H. The van der Waals surface area contributed by atoms with Crippen molar-refractivity contribution >= 4 is 66.8 Å². The van der Waals surface area contributed by atoms with E-state index in [4.69, 9.17) is 4.42 Å². The van der Waals surface area contributed by atoms with Crippen LogP contribution in [-0.2, 0) is 0 Å². The van der Waals surface area contributed by atoms with Crippen molar-refractivity contribution in [2.45, 2.75) is 0 Å². The number of para-hydroxylation sites is 3. The topological polar surface area (TPSA) is 19.6 Å². The van der Waals surface area contributed by atoms with Gasteiger partial charge in [-0.25, -0.2) is 0 Å². The molecule has 1 heterocycles. The molecule has 67 heavy (non-hydrogen) atoms. The molecule has 0 radical (unpaired) electrons. The normalized spacial score (nSPS) is 11.3. The van der Waals surface area contributed by atoms with Crippen LogP contribution in [0.2, 0.25) is 0 Å². The van der Waals surface area contributed by atoms with Crippen LogP contribution in [0.4, 0.5) is 34.1 Å². The lowest BCUT2D eigenvalue weighted by Gasteiger charge is -2.31. The van der Waals surface area contributed by atoms with Crippen LogP contribution >= 0.6 is 0 Å². The molecule has 0 N–H and O–H groups in total. The minimum Gasteiger partial charge on any atom is -0.456 e. The Bertz CT molecular complexity index is 3690. The largest absolute Gasteiger partial charge is 0.456 e. The van der Waals surface area contributed by atoms with Gasteiger partial charge in [0.2, 0.25) is 0 Å². The number of nitrogens with zero attached hydrogens (tertiary/aromatic N) is 2. The number of hydrogen-bond donors (Lipinski definition) is 0. The molecule has 3 nitrogen and oxygen atoms in total. The molecule has 12 rings (SSSR count). The number of furan rings is 1. The van der Waals surface area contributed by atoms with Crippen molar-refractivity contribution in [2.75, 3.05) is 9.80 Å². The summed E-state index contributed by atoms with van der Waals surface area (Å²) in [6.45, 7) is 0. The molecule has 0 amide bonds. The molecule has 316 valence electrons. The molecular formula is C64H44N2O. The highest BCUT2D eigenvalue weighted by Crippen LogP contribution is 2.49. The Hall–Kier alpha value is -8.92. The van der Waals surface area contributed by atoms with Crippen molar-refractivity contribution in [3.8, 4) is 44.5 Å². The van der Waals surface area contributed by atoms with E-state index < -0.39 is 0 Å². The summed E-state index contributed by atoms with van der Waals surface area (Å²) in [6, 6.07) is 95.7. The van der Waals surface area contributed by atoms with Gasteiger partial charge in [-0.1, -0.05) is 194 Å².